The number of terminal acetylenes is 1. The van der Waals surface area contributed by atoms with Gasteiger partial charge >= 0.3 is 5.69 Å². The molecule has 0 aliphatic carbocycles. The summed E-state index contributed by atoms with van der Waals surface area (Å²) in [5.74, 6) is 3.77. The molecule has 11 heterocycles. The Morgan fingerprint density at radius 3 is 1.32 bits per heavy atom. The average Bonchev–Trinajstić information content (AvgIpc) is 1.57. The zero-order valence-electron chi connectivity index (χ0n) is 64.3. The number of anilines is 1. The lowest BCUT2D eigenvalue weighted by atomic mass is 10.00. The van der Waals surface area contributed by atoms with Crippen molar-refractivity contribution < 1.29 is 94.4 Å². The molecular weight excluding hydrogens is 1400 g/mol. The molecule has 10 aliphatic heterocycles. The molecule has 1 aromatic rings. The number of fused-ring (bicyclic) bond motifs is 2. The highest BCUT2D eigenvalue weighted by atomic mass is 19.1. The SMILES string of the molecule is C#COC1C(OC)[C@@H](COC)O[C@H]1N1C=C(C)C(N)=NC1=C.C=C1N=C(N)C(C)=CN1[C@@H]1O[C@@]2(COC)COC1C2OC.C=C1N=C(N)C(C)=CN1[C@@H]1O[C@H](COC)C(OC)C1F.C=C1N=C(N)C(C)=CN1[C@@H]1O[C@H](COC)C(OC)C1OC.CCCOC1C(OC)[C@@H](COC)O[C@H]1n1cc(C)c(N)nc1=O. The van der Waals surface area contributed by atoms with Gasteiger partial charge in [0.25, 0.3) is 0 Å². The maximum absolute atomic E-state index is 14.5. The number of nitrogens with two attached hydrogens (primary N) is 5. The van der Waals surface area contributed by atoms with Gasteiger partial charge in [0.15, 0.2) is 43.4 Å². The minimum atomic E-state index is -1.34. The number of halogens is 1. The Morgan fingerprint density at radius 2 is 0.916 bits per heavy atom. The monoisotopic (exact) mass is 1510 g/mol. The Balaban J connectivity index is 0.000000187. The number of nitrogens with zero attached hydrogens (tertiary/aromatic N) is 10. The van der Waals surface area contributed by atoms with Crippen molar-refractivity contribution >= 4 is 29.2 Å². The molecule has 10 N–H and O–H groups in total. The van der Waals surface area contributed by atoms with Crippen molar-refractivity contribution in [2.24, 2.45) is 42.9 Å². The van der Waals surface area contributed by atoms with Gasteiger partial charge in [0.2, 0.25) is 0 Å². The lowest BCUT2D eigenvalue weighted by Crippen LogP contribution is -2.48. The minimum Gasteiger partial charge on any atom is -0.436 e. The lowest BCUT2D eigenvalue weighted by molar-refractivity contribution is -0.196. The van der Waals surface area contributed by atoms with Gasteiger partial charge in [-0.3, -0.25) is 4.57 Å². The van der Waals surface area contributed by atoms with Crippen molar-refractivity contribution in [2.75, 3.05) is 130 Å². The van der Waals surface area contributed by atoms with Gasteiger partial charge in [0, 0.05) is 144 Å². The third-order valence-electron chi connectivity index (χ3n) is 18.8. The summed E-state index contributed by atoms with van der Waals surface area (Å²) in [5.41, 5.74) is 31.7. The zero-order chi connectivity index (χ0) is 78.9. The molecule has 0 aromatic carbocycles. The predicted octanol–water partition coefficient (Wildman–Crippen LogP) is 2.27. The fourth-order valence-corrected chi connectivity index (χ4v) is 13.4. The van der Waals surface area contributed by atoms with Crippen molar-refractivity contribution in [1.29, 1.82) is 0 Å². The maximum Gasteiger partial charge on any atom is 0.351 e. The molecule has 6 fully saturated rings. The van der Waals surface area contributed by atoms with E-state index in [1.54, 1.807) is 95.1 Å². The average molecular weight is 1510 g/mol. The van der Waals surface area contributed by atoms with E-state index in [0.29, 0.717) is 91.8 Å². The third kappa shape index (κ3) is 19.5. The van der Waals surface area contributed by atoms with Gasteiger partial charge in [0.1, 0.15) is 137 Å². The van der Waals surface area contributed by atoms with Gasteiger partial charge in [-0.2, -0.15) is 4.98 Å². The number of hydrogen-bond acceptors (Lipinski definition) is 34. The molecule has 35 nitrogen and oxygen atoms in total. The van der Waals surface area contributed by atoms with E-state index in [-0.39, 0.29) is 79.8 Å². The number of aliphatic imine (C=N–C) groups is 4. The molecule has 6 saturated heterocycles. The van der Waals surface area contributed by atoms with Crippen LogP contribution in [0.15, 0.2) is 128 Å². The Morgan fingerprint density at radius 1 is 0.533 bits per heavy atom. The Labute approximate surface area is 625 Å². The van der Waals surface area contributed by atoms with E-state index in [9.17, 15) is 9.18 Å². The van der Waals surface area contributed by atoms with Crippen LogP contribution in [0.2, 0.25) is 0 Å². The van der Waals surface area contributed by atoms with E-state index < -0.39 is 60.6 Å². The summed E-state index contributed by atoms with van der Waals surface area (Å²) in [4.78, 5) is 39.8. The van der Waals surface area contributed by atoms with Crippen LogP contribution in [0.3, 0.4) is 0 Å². The van der Waals surface area contributed by atoms with Crippen LogP contribution >= 0.6 is 0 Å². The topological polar surface area (TPSA) is 403 Å². The van der Waals surface area contributed by atoms with Crippen LogP contribution in [-0.4, -0.2) is 293 Å². The highest BCUT2D eigenvalue weighted by Gasteiger charge is 2.64. The maximum atomic E-state index is 14.5. The van der Waals surface area contributed by atoms with Gasteiger partial charge in [-0.1, -0.05) is 39.7 Å². The fourth-order valence-electron chi connectivity index (χ4n) is 13.4. The van der Waals surface area contributed by atoms with E-state index in [1.165, 1.54) is 23.7 Å². The van der Waals surface area contributed by atoms with Crippen molar-refractivity contribution in [3.8, 4) is 12.5 Å². The normalized spacial score (nSPS) is 32.9. The zero-order valence-corrected chi connectivity index (χ0v) is 64.3. The number of ether oxygens (including phenoxy) is 19. The van der Waals surface area contributed by atoms with Crippen LogP contribution < -0.4 is 34.4 Å². The first-order valence-corrected chi connectivity index (χ1v) is 34.4. The quantitative estimate of drug-likeness (QED) is 0.0877. The summed E-state index contributed by atoms with van der Waals surface area (Å²) in [5, 5.41) is 0. The van der Waals surface area contributed by atoms with Crippen molar-refractivity contribution in [2.45, 2.75) is 170 Å². The summed E-state index contributed by atoms with van der Waals surface area (Å²) in [6, 6.07) is 0. The Bertz CT molecular complexity index is 3550. The van der Waals surface area contributed by atoms with E-state index in [4.69, 9.17) is 125 Å². The molecule has 20 atom stereocenters. The van der Waals surface area contributed by atoms with Gasteiger partial charge in [0.05, 0.1) is 39.6 Å². The summed E-state index contributed by atoms with van der Waals surface area (Å²) in [7, 11) is 17.5. The molecule has 0 saturated carbocycles. The van der Waals surface area contributed by atoms with Crippen LogP contribution in [0, 0.1) is 19.5 Å². The molecule has 0 spiro atoms. The second-order valence-electron chi connectivity index (χ2n) is 26.0. The Hall–Kier alpha value is -7.75. The second kappa shape index (κ2) is 39.6. The molecule has 10 aliphatic rings. The van der Waals surface area contributed by atoms with E-state index >= 15 is 0 Å². The molecule has 1 aromatic heterocycles. The largest absolute Gasteiger partial charge is 0.436 e. The van der Waals surface area contributed by atoms with E-state index in [0.717, 1.165) is 28.7 Å². The number of hydrogen-bond donors (Lipinski definition) is 5. The number of nitrogen functional groups attached to an aromatic ring is 1. The first-order chi connectivity index (χ1) is 51.1. The number of rotatable bonds is 25. The number of methoxy groups -OCH3 is 11. The van der Waals surface area contributed by atoms with E-state index in [2.05, 4.69) is 57.4 Å². The van der Waals surface area contributed by atoms with Crippen LogP contribution in [0.4, 0.5) is 10.2 Å². The molecule has 10 unspecified atom stereocenters. The number of aromatic nitrogens is 2. The molecule has 596 valence electrons. The fraction of sp³-hybridized carbons (Fsp3) is 0.634. The second-order valence-corrected chi connectivity index (χ2v) is 26.0. The van der Waals surface area contributed by atoms with Crippen LogP contribution in [0.1, 0.15) is 52.8 Å². The molecule has 0 amide bonds. The van der Waals surface area contributed by atoms with Crippen LogP contribution in [-0.2, 0) is 90.0 Å². The lowest BCUT2D eigenvalue weighted by Gasteiger charge is -2.37. The number of amidine groups is 4. The van der Waals surface area contributed by atoms with Crippen molar-refractivity contribution in [1.82, 2.24) is 29.2 Å². The van der Waals surface area contributed by atoms with Gasteiger partial charge in [-0.05, 0) is 41.0 Å². The van der Waals surface area contributed by atoms with Gasteiger partial charge in [-0.25, -0.2) is 29.2 Å². The number of aryl methyl sites for hydroxylation is 1. The highest BCUT2D eigenvalue weighted by Crippen LogP contribution is 2.45. The minimum absolute atomic E-state index is 0.188. The molecular formula is C71H110FN15O20. The summed E-state index contributed by atoms with van der Waals surface area (Å²) in [6.45, 7) is 29.5. The number of alkyl halides is 1. The summed E-state index contributed by atoms with van der Waals surface area (Å²) >= 11 is 0. The van der Waals surface area contributed by atoms with Crippen molar-refractivity contribution in [3.63, 3.8) is 0 Å². The van der Waals surface area contributed by atoms with Gasteiger partial charge in [-0.15, -0.1) is 0 Å². The Kier molecular flexibility index (Phi) is 32.0. The first-order valence-electron chi connectivity index (χ1n) is 34.4. The standard InChI is InChI=1S/C15H25N3O5.C15H21N3O4.C14H21N3O4.C14H23N3O4.C13H20FN3O3/c1-5-6-22-12-11(21-4)10(8-20-3)23-14(12)18-7-9(2)13(16)17-15(18)19;1-6-21-13-12(20-5)11(8-19-4)22-15(13)18-7-9(2)14(16)17-10(18)3;1-8-5-17(9(2)16-12(8)15)13-10-11(19-4)14(21-13,6-18-3)7-20-10;1-8-6-17(9(2)16-13(8)15)14-12(20-5)11(19-4)10(21-14)7-18-3;1-7-5-17(8(2)16-12(7)15)13-10(14)11(19-4)9(20-13)6-18-3/h7,10-12,14H,5-6,8H2,1-4H3,(H2,16,17,19);1,7,11-13,15H,3,8H2,2,4-5H3,(H2,16,17);5,10-11,13H,2,6-7H2,1,3-4H3,(H2,15,16);6,10-12,14H,2,7H2,1,3-5H3,(H2,15,16);5,9-11,13H,2,6H2,1,3-4H3,(H2,15,16)/t10-,11?,12?,14-;11-,12?,13?,15-;10?,11?,13-,14+;10-,11?,12?,14-;9-,10?,11?,13-/m11111/s1. The van der Waals surface area contributed by atoms with Crippen LogP contribution in [0.25, 0.3) is 0 Å². The summed E-state index contributed by atoms with van der Waals surface area (Å²) < 4.78 is 122. The molecule has 2 bridgehead atoms. The summed E-state index contributed by atoms with van der Waals surface area (Å²) in [6.07, 6.45) is 8.54. The first kappa shape index (κ1) is 86.5. The van der Waals surface area contributed by atoms with Crippen LogP contribution in [0.5, 0.6) is 0 Å². The molecule has 0 radical (unpaired) electrons. The third-order valence-corrected chi connectivity index (χ3v) is 18.8. The van der Waals surface area contributed by atoms with E-state index in [1.807, 2.05) is 56.1 Å². The predicted molar refractivity (Wildman–Crippen MR) is 393 cm³/mol. The molecule has 11 rings (SSSR count). The molecule has 107 heavy (non-hydrogen) atoms. The smallest absolute Gasteiger partial charge is 0.351 e. The van der Waals surface area contributed by atoms with Gasteiger partial charge < -0.3 is 138 Å². The van der Waals surface area contributed by atoms with Crippen molar-refractivity contribution in [3.05, 3.63) is 119 Å². The highest BCUT2D eigenvalue weighted by molar-refractivity contribution is 5.99. The molecule has 36 heteroatoms.